The number of benzene rings is 1. The molecule has 6 nitrogen and oxygen atoms in total. The Morgan fingerprint density at radius 3 is 2.43 bits per heavy atom. The lowest BCUT2D eigenvalue weighted by molar-refractivity contribution is -0.122. The number of carbonyl (C=O) groups excluding carboxylic acids is 1. The Hall–Kier alpha value is -1.60. The quantitative estimate of drug-likeness (QED) is 0.716. The number of amides is 1. The van der Waals surface area contributed by atoms with Crippen LogP contribution in [0.3, 0.4) is 0 Å². The molecule has 0 unspecified atom stereocenters. The van der Waals surface area contributed by atoms with E-state index in [9.17, 15) is 13.2 Å². The van der Waals surface area contributed by atoms with Crippen molar-refractivity contribution >= 4 is 21.6 Å². The van der Waals surface area contributed by atoms with E-state index in [0.29, 0.717) is 36.9 Å². The maximum Gasteiger partial charge on any atom is 0.241 e. The summed E-state index contributed by atoms with van der Waals surface area (Å²) in [5, 5.41) is 0. The van der Waals surface area contributed by atoms with Gasteiger partial charge >= 0.3 is 0 Å². The standard InChI is InChI=1S/C14H21N3O3S/c1-9-12(15)3-2-4-13(9)21(19,20)17-11-7-5-10(6-8-11)14(16)18/h2-4,10-11,17H,5-8,15H2,1H3,(H2,16,18). The molecule has 0 radical (unpaired) electrons. The minimum absolute atomic E-state index is 0.139. The van der Waals surface area contributed by atoms with Crippen LogP contribution in [0.1, 0.15) is 31.2 Å². The largest absolute Gasteiger partial charge is 0.398 e. The van der Waals surface area contributed by atoms with E-state index in [2.05, 4.69) is 4.72 Å². The molecule has 1 aromatic rings. The molecular formula is C14H21N3O3S. The van der Waals surface area contributed by atoms with Crippen molar-refractivity contribution in [2.45, 2.75) is 43.5 Å². The molecule has 1 fully saturated rings. The molecule has 116 valence electrons. The van der Waals surface area contributed by atoms with Crippen molar-refractivity contribution in [3.05, 3.63) is 23.8 Å². The number of nitrogens with one attached hydrogen (secondary N) is 1. The normalized spacial score (nSPS) is 22.9. The number of carbonyl (C=O) groups is 1. The predicted octanol–water partition coefficient (Wildman–Crippen LogP) is 0.900. The van der Waals surface area contributed by atoms with Gasteiger partial charge in [-0.05, 0) is 50.3 Å². The lowest BCUT2D eigenvalue weighted by atomic mass is 9.86. The topological polar surface area (TPSA) is 115 Å². The Morgan fingerprint density at radius 2 is 1.86 bits per heavy atom. The van der Waals surface area contributed by atoms with E-state index in [4.69, 9.17) is 11.5 Å². The molecule has 7 heteroatoms. The molecule has 5 N–H and O–H groups in total. The fourth-order valence-electron chi connectivity index (χ4n) is 2.70. The molecule has 0 bridgehead atoms. The van der Waals surface area contributed by atoms with Crippen LogP contribution in [0, 0.1) is 12.8 Å². The first-order chi connectivity index (χ1) is 9.81. The first-order valence-corrected chi connectivity index (χ1v) is 8.46. The number of primary amides is 1. The molecule has 1 amide bonds. The van der Waals surface area contributed by atoms with Crippen LogP contribution in [0.25, 0.3) is 0 Å². The lowest BCUT2D eigenvalue weighted by Crippen LogP contribution is -2.39. The van der Waals surface area contributed by atoms with Crippen LogP contribution in [-0.2, 0) is 14.8 Å². The third-order valence-electron chi connectivity index (χ3n) is 4.07. The summed E-state index contributed by atoms with van der Waals surface area (Å²) >= 11 is 0. The van der Waals surface area contributed by atoms with Crippen LogP contribution in [0.5, 0.6) is 0 Å². The average molecular weight is 311 g/mol. The van der Waals surface area contributed by atoms with E-state index in [-0.39, 0.29) is 22.8 Å². The molecule has 0 aromatic heterocycles. The third-order valence-corrected chi connectivity index (χ3v) is 5.73. The molecule has 1 aliphatic rings. The number of sulfonamides is 1. The first kappa shape index (κ1) is 15.8. The van der Waals surface area contributed by atoms with Gasteiger partial charge in [-0.2, -0.15) is 0 Å². The van der Waals surface area contributed by atoms with Gasteiger partial charge in [0.05, 0.1) is 4.90 Å². The Morgan fingerprint density at radius 1 is 1.24 bits per heavy atom. The summed E-state index contributed by atoms with van der Waals surface area (Å²) in [6, 6.07) is 4.68. The van der Waals surface area contributed by atoms with Crippen LogP contribution in [-0.4, -0.2) is 20.4 Å². The molecule has 1 saturated carbocycles. The average Bonchev–Trinajstić information content (AvgIpc) is 2.41. The van der Waals surface area contributed by atoms with Gasteiger partial charge in [-0.1, -0.05) is 6.07 Å². The number of hydrogen-bond donors (Lipinski definition) is 3. The highest BCUT2D eigenvalue weighted by Crippen LogP contribution is 2.26. The van der Waals surface area contributed by atoms with Crippen molar-refractivity contribution in [1.82, 2.24) is 4.72 Å². The summed E-state index contributed by atoms with van der Waals surface area (Å²) in [7, 11) is -3.60. The number of nitrogen functional groups attached to an aromatic ring is 1. The van der Waals surface area contributed by atoms with Crippen LogP contribution < -0.4 is 16.2 Å². The van der Waals surface area contributed by atoms with E-state index in [1.54, 1.807) is 25.1 Å². The minimum atomic E-state index is -3.60. The van der Waals surface area contributed by atoms with Crippen molar-refractivity contribution in [3.63, 3.8) is 0 Å². The number of hydrogen-bond acceptors (Lipinski definition) is 4. The summed E-state index contributed by atoms with van der Waals surface area (Å²) in [5.41, 5.74) is 12.0. The molecule has 1 aliphatic carbocycles. The highest BCUT2D eigenvalue weighted by molar-refractivity contribution is 7.89. The second-order valence-corrected chi connectivity index (χ2v) is 7.22. The van der Waals surface area contributed by atoms with Crippen molar-refractivity contribution in [2.75, 3.05) is 5.73 Å². The number of rotatable bonds is 4. The maximum atomic E-state index is 12.4. The summed E-state index contributed by atoms with van der Waals surface area (Å²) in [6.07, 6.45) is 2.49. The highest BCUT2D eigenvalue weighted by atomic mass is 32.2. The Labute approximate surface area is 124 Å². The molecule has 0 atom stereocenters. The van der Waals surface area contributed by atoms with Gasteiger partial charge in [-0.15, -0.1) is 0 Å². The van der Waals surface area contributed by atoms with E-state index < -0.39 is 10.0 Å². The summed E-state index contributed by atoms with van der Waals surface area (Å²) in [6.45, 7) is 1.69. The van der Waals surface area contributed by atoms with Crippen LogP contribution in [0.2, 0.25) is 0 Å². The third kappa shape index (κ3) is 3.54. The van der Waals surface area contributed by atoms with Crippen molar-refractivity contribution < 1.29 is 13.2 Å². The Kier molecular flexibility index (Phi) is 4.53. The van der Waals surface area contributed by atoms with Crippen molar-refractivity contribution in [3.8, 4) is 0 Å². The van der Waals surface area contributed by atoms with Gasteiger partial charge in [0.1, 0.15) is 0 Å². The minimum Gasteiger partial charge on any atom is -0.398 e. The van der Waals surface area contributed by atoms with E-state index in [1.807, 2.05) is 0 Å². The van der Waals surface area contributed by atoms with Crippen molar-refractivity contribution in [2.24, 2.45) is 11.7 Å². The maximum absolute atomic E-state index is 12.4. The van der Waals surface area contributed by atoms with Crippen LogP contribution in [0.15, 0.2) is 23.1 Å². The monoisotopic (exact) mass is 311 g/mol. The Balaban J connectivity index is 2.09. The van der Waals surface area contributed by atoms with Gasteiger partial charge < -0.3 is 11.5 Å². The second-order valence-electron chi connectivity index (χ2n) is 5.54. The zero-order valence-electron chi connectivity index (χ0n) is 12.0. The lowest BCUT2D eigenvalue weighted by Gasteiger charge is -2.27. The summed E-state index contributed by atoms with van der Waals surface area (Å²) in [5.74, 6) is -0.442. The van der Waals surface area contributed by atoms with Crippen LogP contribution >= 0.6 is 0 Å². The fourth-order valence-corrected chi connectivity index (χ4v) is 4.28. The molecule has 0 saturated heterocycles. The predicted molar refractivity (Wildman–Crippen MR) is 80.9 cm³/mol. The van der Waals surface area contributed by atoms with Gasteiger partial charge in [0.2, 0.25) is 15.9 Å². The zero-order valence-corrected chi connectivity index (χ0v) is 12.8. The van der Waals surface area contributed by atoms with Gasteiger partial charge in [-0.25, -0.2) is 13.1 Å². The molecule has 0 spiro atoms. The number of nitrogens with two attached hydrogens (primary N) is 2. The second kappa shape index (κ2) is 6.03. The molecular weight excluding hydrogens is 290 g/mol. The van der Waals surface area contributed by atoms with Crippen molar-refractivity contribution in [1.29, 1.82) is 0 Å². The van der Waals surface area contributed by atoms with Gasteiger partial charge in [0.25, 0.3) is 0 Å². The summed E-state index contributed by atoms with van der Waals surface area (Å²) < 4.78 is 27.6. The summed E-state index contributed by atoms with van der Waals surface area (Å²) in [4.78, 5) is 11.3. The smallest absolute Gasteiger partial charge is 0.241 e. The molecule has 2 rings (SSSR count). The Bertz CT molecular complexity index is 635. The van der Waals surface area contributed by atoms with E-state index >= 15 is 0 Å². The number of anilines is 1. The highest BCUT2D eigenvalue weighted by Gasteiger charge is 2.28. The first-order valence-electron chi connectivity index (χ1n) is 6.98. The van der Waals surface area contributed by atoms with E-state index in [1.165, 1.54) is 0 Å². The molecule has 0 aliphatic heterocycles. The van der Waals surface area contributed by atoms with Gasteiger partial charge in [0, 0.05) is 17.6 Å². The molecule has 0 heterocycles. The van der Waals surface area contributed by atoms with E-state index in [0.717, 1.165) is 0 Å². The van der Waals surface area contributed by atoms with Gasteiger partial charge in [0.15, 0.2) is 0 Å². The van der Waals surface area contributed by atoms with Gasteiger partial charge in [-0.3, -0.25) is 4.79 Å². The fraction of sp³-hybridized carbons (Fsp3) is 0.500. The SMILES string of the molecule is Cc1c(N)cccc1S(=O)(=O)NC1CCC(C(N)=O)CC1. The zero-order chi connectivity index (χ0) is 15.6. The molecule has 1 aromatic carbocycles. The van der Waals surface area contributed by atoms with Crippen LogP contribution in [0.4, 0.5) is 5.69 Å². The molecule has 21 heavy (non-hydrogen) atoms.